The Balaban J connectivity index is 2.03. The van der Waals surface area contributed by atoms with Crippen LogP contribution < -0.4 is 10.5 Å². The van der Waals surface area contributed by atoms with Crippen LogP contribution in [0.3, 0.4) is 0 Å². The summed E-state index contributed by atoms with van der Waals surface area (Å²) in [5.74, 6) is 1.66. The van der Waals surface area contributed by atoms with Crippen molar-refractivity contribution in [2.24, 2.45) is 0 Å². The highest BCUT2D eigenvalue weighted by atomic mass is 79.9. The van der Waals surface area contributed by atoms with Gasteiger partial charge in [-0.2, -0.15) is 0 Å². The van der Waals surface area contributed by atoms with Crippen LogP contribution in [0.4, 0.5) is 5.69 Å². The molecule has 0 fully saturated rings. The number of imidazole rings is 1. The van der Waals surface area contributed by atoms with Gasteiger partial charge in [-0.1, -0.05) is 15.9 Å². The molecule has 0 aliphatic heterocycles. The van der Waals surface area contributed by atoms with Gasteiger partial charge in [-0.15, -0.1) is 0 Å². The number of H-pyrrole nitrogens is 1. The molecule has 20 heavy (non-hydrogen) atoms. The molecule has 3 N–H and O–H groups in total. The summed E-state index contributed by atoms with van der Waals surface area (Å²) in [5, 5.41) is 0. The fourth-order valence-electron chi connectivity index (χ4n) is 2.12. The van der Waals surface area contributed by atoms with Crippen LogP contribution in [0.2, 0.25) is 0 Å². The number of fused-ring (bicyclic) bond motifs is 1. The number of ether oxygens (including phenoxy) is 1. The van der Waals surface area contributed by atoms with Gasteiger partial charge in [0.05, 0.1) is 17.8 Å². The van der Waals surface area contributed by atoms with Crippen LogP contribution in [0.1, 0.15) is 6.92 Å². The maximum absolute atomic E-state index is 5.98. The Labute approximate surface area is 125 Å². The minimum atomic E-state index is 0.655. The Morgan fingerprint density at radius 3 is 2.70 bits per heavy atom. The predicted octanol–water partition coefficient (Wildman–Crippen LogP) is 3.97. The SMILES string of the molecule is CCOc1ccc(-c2nc3c(N)cc(Br)cc3[nH]2)cc1. The molecule has 102 valence electrons. The lowest BCUT2D eigenvalue weighted by molar-refractivity contribution is 0.340. The normalized spacial score (nSPS) is 10.9. The number of hydrogen-bond acceptors (Lipinski definition) is 3. The summed E-state index contributed by atoms with van der Waals surface area (Å²) >= 11 is 3.43. The molecule has 3 aromatic rings. The molecule has 0 spiro atoms. The summed E-state index contributed by atoms with van der Waals surface area (Å²) in [6.45, 7) is 2.63. The van der Waals surface area contributed by atoms with Crippen molar-refractivity contribution in [1.82, 2.24) is 9.97 Å². The van der Waals surface area contributed by atoms with Crippen molar-refractivity contribution in [3.05, 3.63) is 40.9 Å². The summed E-state index contributed by atoms with van der Waals surface area (Å²) in [5.41, 5.74) is 9.34. The molecular formula is C15H14BrN3O. The van der Waals surface area contributed by atoms with Gasteiger partial charge >= 0.3 is 0 Å². The molecule has 0 radical (unpaired) electrons. The summed E-state index contributed by atoms with van der Waals surface area (Å²) in [4.78, 5) is 7.84. The van der Waals surface area contributed by atoms with Crippen molar-refractivity contribution < 1.29 is 4.74 Å². The van der Waals surface area contributed by atoms with Gasteiger partial charge in [0.2, 0.25) is 0 Å². The number of rotatable bonds is 3. The first-order valence-corrected chi connectivity index (χ1v) is 7.14. The molecule has 0 unspecified atom stereocenters. The number of nitrogen functional groups attached to an aromatic ring is 1. The van der Waals surface area contributed by atoms with Crippen LogP contribution in [0.5, 0.6) is 5.75 Å². The first-order chi connectivity index (χ1) is 9.67. The minimum absolute atomic E-state index is 0.655. The van der Waals surface area contributed by atoms with Crippen molar-refractivity contribution in [2.45, 2.75) is 6.92 Å². The van der Waals surface area contributed by atoms with Gasteiger partial charge in [-0.25, -0.2) is 4.98 Å². The van der Waals surface area contributed by atoms with E-state index in [4.69, 9.17) is 10.5 Å². The first-order valence-electron chi connectivity index (χ1n) is 6.35. The molecular weight excluding hydrogens is 318 g/mol. The zero-order chi connectivity index (χ0) is 14.1. The summed E-state index contributed by atoms with van der Waals surface area (Å²) in [6, 6.07) is 11.7. The second kappa shape index (κ2) is 5.17. The van der Waals surface area contributed by atoms with E-state index in [-0.39, 0.29) is 0 Å². The number of anilines is 1. The highest BCUT2D eigenvalue weighted by Crippen LogP contribution is 2.28. The van der Waals surface area contributed by atoms with E-state index in [2.05, 4.69) is 25.9 Å². The number of nitrogens with one attached hydrogen (secondary N) is 1. The van der Waals surface area contributed by atoms with Crippen LogP contribution >= 0.6 is 15.9 Å². The van der Waals surface area contributed by atoms with E-state index < -0.39 is 0 Å². The largest absolute Gasteiger partial charge is 0.494 e. The quantitative estimate of drug-likeness (QED) is 0.713. The second-order valence-corrected chi connectivity index (χ2v) is 5.35. The van der Waals surface area contributed by atoms with Gasteiger partial charge in [-0.05, 0) is 43.3 Å². The molecule has 2 aromatic carbocycles. The molecule has 1 heterocycles. The summed E-state index contributed by atoms with van der Waals surface area (Å²) < 4.78 is 6.37. The number of nitrogens with two attached hydrogens (primary N) is 1. The number of benzene rings is 2. The van der Waals surface area contributed by atoms with E-state index in [1.165, 1.54) is 0 Å². The monoisotopic (exact) mass is 331 g/mol. The van der Waals surface area contributed by atoms with E-state index in [1.807, 2.05) is 43.3 Å². The van der Waals surface area contributed by atoms with Gasteiger partial charge in [-0.3, -0.25) is 0 Å². The molecule has 0 saturated carbocycles. The van der Waals surface area contributed by atoms with Crippen molar-refractivity contribution >= 4 is 32.7 Å². The fraction of sp³-hybridized carbons (Fsp3) is 0.133. The van der Waals surface area contributed by atoms with Crippen molar-refractivity contribution in [2.75, 3.05) is 12.3 Å². The topological polar surface area (TPSA) is 63.9 Å². The smallest absolute Gasteiger partial charge is 0.138 e. The Kier molecular flexibility index (Phi) is 3.36. The van der Waals surface area contributed by atoms with E-state index in [9.17, 15) is 0 Å². The zero-order valence-electron chi connectivity index (χ0n) is 11.0. The molecule has 0 bridgehead atoms. The number of aromatic amines is 1. The van der Waals surface area contributed by atoms with Crippen LogP contribution in [0, 0.1) is 0 Å². The van der Waals surface area contributed by atoms with Crippen molar-refractivity contribution in [3.8, 4) is 17.1 Å². The lowest BCUT2D eigenvalue weighted by Gasteiger charge is -2.02. The predicted molar refractivity (Wildman–Crippen MR) is 84.8 cm³/mol. The molecule has 0 amide bonds. The van der Waals surface area contributed by atoms with Gasteiger partial charge in [0.15, 0.2) is 0 Å². The van der Waals surface area contributed by atoms with Crippen LogP contribution in [-0.4, -0.2) is 16.6 Å². The van der Waals surface area contributed by atoms with Gasteiger partial charge in [0.25, 0.3) is 0 Å². The average molecular weight is 332 g/mol. The number of nitrogens with zero attached hydrogens (tertiary/aromatic N) is 1. The first kappa shape index (κ1) is 13.0. The Morgan fingerprint density at radius 2 is 2.00 bits per heavy atom. The number of hydrogen-bond donors (Lipinski definition) is 2. The van der Waals surface area contributed by atoms with Crippen LogP contribution in [0.15, 0.2) is 40.9 Å². The molecule has 1 aromatic heterocycles. The van der Waals surface area contributed by atoms with Crippen molar-refractivity contribution in [1.29, 1.82) is 0 Å². The maximum Gasteiger partial charge on any atom is 0.138 e. The molecule has 0 aliphatic carbocycles. The van der Waals surface area contributed by atoms with E-state index in [0.29, 0.717) is 12.3 Å². The standard InChI is InChI=1S/C15H14BrN3O/c1-2-20-11-5-3-9(4-6-11)15-18-13-8-10(16)7-12(17)14(13)19-15/h3-8H,2,17H2,1H3,(H,18,19). The molecule has 0 saturated heterocycles. The third-order valence-corrected chi connectivity index (χ3v) is 3.48. The highest BCUT2D eigenvalue weighted by molar-refractivity contribution is 9.10. The number of halogens is 1. The van der Waals surface area contributed by atoms with E-state index in [1.54, 1.807) is 0 Å². The molecule has 3 rings (SSSR count). The maximum atomic E-state index is 5.98. The Morgan fingerprint density at radius 1 is 1.25 bits per heavy atom. The molecule has 4 nitrogen and oxygen atoms in total. The van der Waals surface area contributed by atoms with Gasteiger partial charge in [0, 0.05) is 10.0 Å². The third-order valence-electron chi connectivity index (χ3n) is 3.02. The summed E-state index contributed by atoms with van der Waals surface area (Å²) in [7, 11) is 0. The van der Waals surface area contributed by atoms with E-state index in [0.717, 1.165) is 32.6 Å². The lowest BCUT2D eigenvalue weighted by atomic mass is 10.2. The van der Waals surface area contributed by atoms with Gasteiger partial charge in [0.1, 0.15) is 17.1 Å². The number of aromatic nitrogens is 2. The van der Waals surface area contributed by atoms with Crippen LogP contribution in [0.25, 0.3) is 22.4 Å². The summed E-state index contributed by atoms with van der Waals surface area (Å²) in [6.07, 6.45) is 0. The lowest BCUT2D eigenvalue weighted by Crippen LogP contribution is -1.90. The Hall–Kier alpha value is -2.01. The van der Waals surface area contributed by atoms with Crippen molar-refractivity contribution in [3.63, 3.8) is 0 Å². The van der Waals surface area contributed by atoms with E-state index >= 15 is 0 Å². The molecule has 5 heteroatoms. The second-order valence-electron chi connectivity index (χ2n) is 4.43. The molecule has 0 atom stereocenters. The van der Waals surface area contributed by atoms with Crippen LogP contribution in [-0.2, 0) is 0 Å². The average Bonchev–Trinajstić information content (AvgIpc) is 2.84. The minimum Gasteiger partial charge on any atom is -0.494 e. The Bertz CT molecular complexity index is 750. The zero-order valence-corrected chi connectivity index (χ0v) is 12.6. The molecule has 0 aliphatic rings. The third kappa shape index (κ3) is 2.36. The highest BCUT2D eigenvalue weighted by Gasteiger charge is 2.08. The fourth-order valence-corrected chi connectivity index (χ4v) is 2.60. The van der Waals surface area contributed by atoms with Gasteiger partial charge < -0.3 is 15.5 Å².